The summed E-state index contributed by atoms with van der Waals surface area (Å²) in [6.45, 7) is 3.84. The zero-order valence-corrected chi connectivity index (χ0v) is 13.8. The predicted octanol–water partition coefficient (Wildman–Crippen LogP) is 0.805. The minimum Gasteiger partial charge on any atom is -0.339 e. The molecule has 0 spiro atoms. The molecule has 6 nitrogen and oxygen atoms in total. The largest absolute Gasteiger partial charge is 0.339 e. The van der Waals surface area contributed by atoms with Crippen LogP contribution in [0.5, 0.6) is 0 Å². The van der Waals surface area contributed by atoms with Gasteiger partial charge in [0.2, 0.25) is 11.3 Å². The molecule has 2 atom stereocenters. The van der Waals surface area contributed by atoms with E-state index in [0.717, 1.165) is 13.1 Å². The molecule has 1 aliphatic heterocycles. The fraction of sp³-hybridized carbons (Fsp3) is 0.471. The zero-order valence-electron chi connectivity index (χ0n) is 13.8. The van der Waals surface area contributed by atoms with Gasteiger partial charge in [-0.05, 0) is 32.1 Å². The maximum absolute atomic E-state index is 12.6. The summed E-state index contributed by atoms with van der Waals surface area (Å²) in [7, 11) is 4.10. The van der Waals surface area contributed by atoms with E-state index in [0.29, 0.717) is 22.9 Å². The van der Waals surface area contributed by atoms with Crippen molar-refractivity contribution in [2.45, 2.75) is 19.5 Å². The lowest BCUT2D eigenvalue weighted by Crippen LogP contribution is -2.37. The van der Waals surface area contributed by atoms with E-state index < -0.39 is 0 Å². The van der Waals surface area contributed by atoms with Crippen LogP contribution in [0.15, 0.2) is 35.3 Å². The minimum absolute atomic E-state index is 0.0440. The summed E-state index contributed by atoms with van der Waals surface area (Å²) in [6, 6.07) is 7.65. The molecule has 1 saturated heterocycles. The minimum atomic E-state index is -0.119. The maximum atomic E-state index is 12.6. The van der Waals surface area contributed by atoms with Crippen molar-refractivity contribution in [3.05, 3.63) is 40.7 Å². The van der Waals surface area contributed by atoms with Crippen molar-refractivity contribution in [2.24, 2.45) is 5.92 Å². The smallest absolute Gasteiger partial charge is 0.244 e. The molecule has 6 heteroatoms. The summed E-state index contributed by atoms with van der Waals surface area (Å²) < 4.78 is 1.62. The van der Waals surface area contributed by atoms with E-state index in [2.05, 4.69) is 16.9 Å². The van der Waals surface area contributed by atoms with Gasteiger partial charge in [0.25, 0.3) is 0 Å². The molecule has 3 rings (SSSR count). The Bertz CT molecular complexity index is 784. The summed E-state index contributed by atoms with van der Waals surface area (Å²) in [5, 5.41) is 4.73. The Morgan fingerprint density at radius 1 is 1.30 bits per heavy atom. The number of rotatable bonds is 3. The maximum Gasteiger partial charge on any atom is 0.244 e. The Kier molecular flexibility index (Phi) is 4.17. The molecular weight excluding hydrogens is 292 g/mol. The van der Waals surface area contributed by atoms with Gasteiger partial charge in [-0.25, -0.2) is 0 Å². The van der Waals surface area contributed by atoms with Gasteiger partial charge in [-0.15, -0.1) is 0 Å². The highest BCUT2D eigenvalue weighted by Gasteiger charge is 2.33. The first-order chi connectivity index (χ1) is 11.0. The lowest BCUT2D eigenvalue weighted by molar-refractivity contribution is -0.131. The van der Waals surface area contributed by atoms with Crippen LogP contribution in [0.4, 0.5) is 0 Å². The Balaban J connectivity index is 1.82. The molecule has 0 bridgehead atoms. The standard InChI is InChI=1S/C17H22N4O2/c1-12-9-20(10-15(12)19(2)3)17(23)11-21-14-7-5-4-6-13(14)16(22)8-18-21/h4-8,12,15H,9-11H2,1-3H3/t12-,15+/m0/s1. The lowest BCUT2D eigenvalue weighted by Gasteiger charge is -2.22. The number of amides is 1. The van der Waals surface area contributed by atoms with Crippen LogP contribution >= 0.6 is 0 Å². The fourth-order valence-electron chi connectivity index (χ4n) is 3.34. The van der Waals surface area contributed by atoms with Crippen LogP contribution in [0.25, 0.3) is 10.9 Å². The van der Waals surface area contributed by atoms with Crippen molar-refractivity contribution in [3.8, 4) is 0 Å². The molecular formula is C17H22N4O2. The van der Waals surface area contributed by atoms with Gasteiger partial charge in [0.15, 0.2) is 0 Å². The number of carbonyl (C=O) groups is 1. The number of hydrogen-bond donors (Lipinski definition) is 0. The van der Waals surface area contributed by atoms with Crippen molar-refractivity contribution in [2.75, 3.05) is 27.2 Å². The second-order valence-corrected chi connectivity index (χ2v) is 6.49. The average Bonchev–Trinajstić information content (AvgIpc) is 2.92. The van der Waals surface area contributed by atoms with E-state index in [1.807, 2.05) is 37.2 Å². The molecule has 0 unspecified atom stereocenters. The number of fused-ring (bicyclic) bond motifs is 1. The molecule has 1 fully saturated rings. The van der Waals surface area contributed by atoms with Crippen molar-refractivity contribution >= 4 is 16.8 Å². The van der Waals surface area contributed by atoms with Crippen molar-refractivity contribution in [1.29, 1.82) is 0 Å². The second-order valence-electron chi connectivity index (χ2n) is 6.49. The molecule has 0 saturated carbocycles. The third kappa shape index (κ3) is 2.99. The van der Waals surface area contributed by atoms with Gasteiger partial charge in [-0.3, -0.25) is 14.3 Å². The van der Waals surface area contributed by atoms with Crippen LogP contribution in [-0.2, 0) is 11.3 Å². The van der Waals surface area contributed by atoms with Gasteiger partial charge in [-0.2, -0.15) is 5.10 Å². The van der Waals surface area contributed by atoms with E-state index in [-0.39, 0.29) is 17.9 Å². The van der Waals surface area contributed by atoms with E-state index in [4.69, 9.17) is 0 Å². The highest BCUT2D eigenvalue weighted by atomic mass is 16.2. The van der Waals surface area contributed by atoms with Crippen LogP contribution in [0.1, 0.15) is 6.92 Å². The third-order valence-corrected chi connectivity index (χ3v) is 4.64. The van der Waals surface area contributed by atoms with Gasteiger partial charge < -0.3 is 9.80 Å². The molecule has 0 aliphatic carbocycles. The first kappa shape index (κ1) is 15.7. The molecule has 1 aromatic carbocycles. The Hall–Kier alpha value is -2.21. The van der Waals surface area contributed by atoms with Gasteiger partial charge >= 0.3 is 0 Å². The number of likely N-dealkylation sites (tertiary alicyclic amines) is 1. The monoisotopic (exact) mass is 314 g/mol. The summed E-state index contributed by atoms with van der Waals surface area (Å²) in [5.41, 5.74) is 0.580. The quantitative estimate of drug-likeness (QED) is 0.841. The summed E-state index contributed by atoms with van der Waals surface area (Å²) in [5.74, 6) is 0.496. The number of benzene rings is 1. The van der Waals surface area contributed by atoms with Gasteiger partial charge in [0, 0.05) is 24.5 Å². The molecule has 0 N–H and O–H groups in total. The molecule has 0 radical (unpaired) electrons. The van der Waals surface area contributed by atoms with E-state index >= 15 is 0 Å². The van der Waals surface area contributed by atoms with E-state index in [1.54, 1.807) is 10.7 Å². The normalized spacial score (nSPS) is 21.3. The highest BCUT2D eigenvalue weighted by molar-refractivity contribution is 5.81. The van der Waals surface area contributed by atoms with Gasteiger partial charge in [0.05, 0.1) is 11.7 Å². The Morgan fingerprint density at radius 3 is 2.74 bits per heavy atom. The molecule has 1 aromatic heterocycles. The first-order valence-electron chi connectivity index (χ1n) is 7.86. The number of likely N-dealkylation sites (N-methyl/N-ethyl adjacent to an activating group) is 1. The van der Waals surface area contributed by atoms with E-state index in [9.17, 15) is 9.59 Å². The Labute approximate surface area is 135 Å². The van der Waals surface area contributed by atoms with Crippen LogP contribution in [-0.4, -0.2) is 58.7 Å². The van der Waals surface area contributed by atoms with Crippen molar-refractivity contribution in [1.82, 2.24) is 19.6 Å². The highest BCUT2D eigenvalue weighted by Crippen LogP contribution is 2.20. The van der Waals surface area contributed by atoms with Crippen molar-refractivity contribution < 1.29 is 4.79 Å². The molecule has 1 aliphatic rings. The van der Waals surface area contributed by atoms with Crippen molar-refractivity contribution in [3.63, 3.8) is 0 Å². The third-order valence-electron chi connectivity index (χ3n) is 4.64. The Morgan fingerprint density at radius 2 is 2.04 bits per heavy atom. The fourth-order valence-corrected chi connectivity index (χ4v) is 3.34. The average molecular weight is 314 g/mol. The molecule has 2 heterocycles. The molecule has 23 heavy (non-hydrogen) atoms. The second kappa shape index (κ2) is 6.12. The molecule has 122 valence electrons. The van der Waals surface area contributed by atoms with E-state index in [1.165, 1.54) is 6.20 Å². The number of para-hydroxylation sites is 1. The topological polar surface area (TPSA) is 58.4 Å². The van der Waals surface area contributed by atoms with Gasteiger partial charge in [-0.1, -0.05) is 19.1 Å². The summed E-state index contributed by atoms with van der Waals surface area (Å²) in [6.07, 6.45) is 1.28. The first-order valence-corrected chi connectivity index (χ1v) is 7.86. The summed E-state index contributed by atoms with van der Waals surface area (Å²) >= 11 is 0. The SMILES string of the molecule is C[C@H]1CN(C(=O)Cn2ncc(=O)c3ccccc32)C[C@H]1N(C)C. The predicted molar refractivity (Wildman–Crippen MR) is 89.2 cm³/mol. The molecule has 2 aromatic rings. The number of nitrogens with zero attached hydrogens (tertiary/aromatic N) is 4. The molecule has 1 amide bonds. The van der Waals surface area contributed by atoms with Gasteiger partial charge in [0.1, 0.15) is 6.54 Å². The number of hydrogen-bond acceptors (Lipinski definition) is 4. The zero-order chi connectivity index (χ0) is 16.6. The van der Waals surface area contributed by atoms with Crippen LogP contribution in [0.3, 0.4) is 0 Å². The van der Waals surface area contributed by atoms with Crippen LogP contribution in [0.2, 0.25) is 0 Å². The lowest BCUT2D eigenvalue weighted by atomic mass is 10.1. The number of aromatic nitrogens is 2. The van der Waals surface area contributed by atoms with Crippen LogP contribution < -0.4 is 5.43 Å². The number of carbonyl (C=O) groups excluding carboxylic acids is 1. The summed E-state index contributed by atoms with van der Waals surface area (Å²) in [4.78, 5) is 28.5. The van der Waals surface area contributed by atoms with Crippen LogP contribution in [0, 0.1) is 5.92 Å².